The lowest BCUT2D eigenvalue weighted by Crippen LogP contribution is -2.48. The van der Waals surface area contributed by atoms with Gasteiger partial charge in [-0.05, 0) is 56.1 Å². The molecule has 2 saturated carbocycles. The van der Waals surface area contributed by atoms with E-state index in [-0.39, 0.29) is 12.0 Å². The van der Waals surface area contributed by atoms with Gasteiger partial charge in [0.2, 0.25) is 15.9 Å². The molecule has 1 aromatic carbocycles. The molecule has 1 aromatic rings. The number of hydrogen-bond acceptors (Lipinski definition) is 3. The minimum Gasteiger partial charge on any atom is -0.342 e. The summed E-state index contributed by atoms with van der Waals surface area (Å²) in [4.78, 5) is 15.1. The van der Waals surface area contributed by atoms with E-state index in [0.717, 1.165) is 12.3 Å². The fourth-order valence-electron chi connectivity index (χ4n) is 4.89. The van der Waals surface area contributed by atoms with Gasteiger partial charge in [0, 0.05) is 25.0 Å². The van der Waals surface area contributed by atoms with Crippen molar-refractivity contribution in [3.05, 3.63) is 30.3 Å². The molecule has 5 nitrogen and oxygen atoms in total. The maximum absolute atomic E-state index is 12.8. The van der Waals surface area contributed by atoms with Gasteiger partial charge in [-0.2, -0.15) is 0 Å². The molecule has 1 heterocycles. The summed E-state index contributed by atoms with van der Waals surface area (Å²) in [5.74, 6) is 1.92. The van der Waals surface area contributed by atoms with E-state index in [1.165, 1.54) is 19.3 Å². The van der Waals surface area contributed by atoms with Crippen LogP contribution in [0.1, 0.15) is 38.5 Å². The molecule has 1 aliphatic heterocycles. The molecule has 1 N–H and O–H groups in total. The maximum Gasteiger partial charge on any atom is 0.240 e. The number of hydrogen-bond donors (Lipinski definition) is 1. The summed E-state index contributed by atoms with van der Waals surface area (Å²) in [5, 5.41) is 0. The summed E-state index contributed by atoms with van der Waals surface area (Å²) in [5.41, 5.74) is 0. The van der Waals surface area contributed by atoms with Crippen molar-refractivity contribution in [3.63, 3.8) is 0 Å². The normalized spacial score (nSPS) is 29.9. The first-order valence-electron chi connectivity index (χ1n) is 9.39. The van der Waals surface area contributed by atoms with Crippen LogP contribution in [0.25, 0.3) is 0 Å². The average Bonchev–Trinajstić information content (AvgIpc) is 3.26. The summed E-state index contributed by atoms with van der Waals surface area (Å²) < 4.78 is 27.6. The van der Waals surface area contributed by atoms with Crippen molar-refractivity contribution >= 4 is 15.9 Å². The highest BCUT2D eigenvalue weighted by Crippen LogP contribution is 2.49. The Balaban J connectivity index is 1.32. The zero-order chi connectivity index (χ0) is 17.4. The molecule has 25 heavy (non-hydrogen) atoms. The second kappa shape index (κ2) is 6.72. The molecule has 1 amide bonds. The Bertz CT molecular complexity index is 726. The monoisotopic (exact) mass is 362 g/mol. The molecular formula is C19H26N2O3S. The third-order valence-corrected chi connectivity index (χ3v) is 7.77. The van der Waals surface area contributed by atoms with Gasteiger partial charge in [0.1, 0.15) is 0 Å². The fourth-order valence-corrected chi connectivity index (χ4v) is 6.21. The quantitative estimate of drug-likeness (QED) is 0.894. The van der Waals surface area contributed by atoms with Crippen LogP contribution in [0.15, 0.2) is 35.2 Å². The van der Waals surface area contributed by atoms with Crippen molar-refractivity contribution in [2.45, 2.75) is 49.5 Å². The van der Waals surface area contributed by atoms with E-state index in [1.54, 1.807) is 30.3 Å². The van der Waals surface area contributed by atoms with Crippen molar-refractivity contribution in [1.29, 1.82) is 0 Å². The number of nitrogens with one attached hydrogen (secondary N) is 1. The average molecular weight is 362 g/mol. The molecule has 3 unspecified atom stereocenters. The van der Waals surface area contributed by atoms with Crippen molar-refractivity contribution in [1.82, 2.24) is 9.62 Å². The van der Waals surface area contributed by atoms with Crippen LogP contribution >= 0.6 is 0 Å². The molecular weight excluding hydrogens is 336 g/mol. The minimum absolute atomic E-state index is 0.0886. The first kappa shape index (κ1) is 17.0. The number of piperidine rings is 1. The van der Waals surface area contributed by atoms with E-state index < -0.39 is 10.0 Å². The second-order valence-corrected chi connectivity index (χ2v) is 9.53. The molecule has 3 atom stereocenters. The van der Waals surface area contributed by atoms with E-state index in [1.807, 2.05) is 4.90 Å². The zero-order valence-electron chi connectivity index (χ0n) is 14.4. The van der Waals surface area contributed by atoms with Crippen LogP contribution in [0.5, 0.6) is 0 Å². The van der Waals surface area contributed by atoms with Gasteiger partial charge in [-0.1, -0.05) is 24.6 Å². The van der Waals surface area contributed by atoms with E-state index >= 15 is 0 Å². The molecule has 6 heteroatoms. The van der Waals surface area contributed by atoms with Gasteiger partial charge in [-0.25, -0.2) is 13.1 Å². The number of rotatable bonds is 4. The number of likely N-dealkylation sites (tertiary alicyclic amines) is 1. The number of amides is 1. The standard InChI is InChI=1S/C19H26N2O3S/c22-19(18-13-14-6-7-15(18)12-14)21-10-8-16(9-11-21)20-25(23,24)17-4-2-1-3-5-17/h1-5,14-16,18,20H,6-13H2. The van der Waals surface area contributed by atoms with Crippen molar-refractivity contribution < 1.29 is 13.2 Å². The van der Waals surface area contributed by atoms with Crippen LogP contribution in [0, 0.1) is 17.8 Å². The third kappa shape index (κ3) is 3.47. The Morgan fingerprint density at radius 3 is 2.32 bits per heavy atom. The molecule has 4 rings (SSSR count). The molecule has 0 radical (unpaired) electrons. The van der Waals surface area contributed by atoms with Gasteiger partial charge in [0.15, 0.2) is 0 Å². The minimum atomic E-state index is -3.47. The van der Waals surface area contributed by atoms with Crippen LogP contribution in [0.4, 0.5) is 0 Å². The number of fused-ring (bicyclic) bond motifs is 2. The highest BCUT2D eigenvalue weighted by atomic mass is 32.2. The summed E-state index contributed by atoms with van der Waals surface area (Å²) in [6.07, 6.45) is 6.22. The number of sulfonamides is 1. The number of benzene rings is 1. The topological polar surface area (TPSA) is 66.5 Å². The summed E-state index contributed by atoms with van der Waals surface area (Å²) in [6, 6.07) is 8.38. The summed E-state index contributed by atoms with van der Waals surface area (Å²) in [6.45, 7) is 1.32. The predicted molar refractivity (Wildman–Crippen MR) is 95.3 cm³/mol. The molecule has 0 aromatic heterocycles. The van der Waals surface area contributed by atoms with Crippen LogP contribution in [-0.4, -0.2) is 38.4 Å². The predicted octanol–water partition coefficient (Wildman–Crippen LogP) is 2.39. The van der Waals surface area contributed by atoms with Crippen LogP contribution < -0.4 is 4.72 Å². The van der Waals surface area contributed by atoms with Crippen molar-refractivity contribution in [3.8, 4) is 0 Å². The van der Waals surface area contributed by atoms with Crippen molar-refractivity contribution in [2.75, 3.05) is 13.1 Å². The smallest absolute Gasteiger partial charge is 0.240 e. The molecule has 3 aliphatic rings. The molecule has 3 fully saturated rings. The summed E-state index contributed by atoms with van der Waals surface area (Å²) >= 11 is 0. The molecule has 2 bridgehead atoms. The highest BCUT2D eigenvalue weighted by Gasteiger charge is 2.44. The first-order valence-corrected chi connectivity index (χ1v) is 10.9. The highest BCUT2D eigenvalue weighted by molar-refractivity contribution is 7.89. The van der Waals surface area contributed by atoms with Gasteiger partial charge in [-0.3, -0.25) is 4.79 Å². The lowest BCUT2D eigenvalue weighted by atomic mass is 9.87. The Hall–Kier alpha value is -1.40. The zero-order valence-corrected chi connectivity index (χ0v) is 15.2. The lowest BCUT2D eigenvalue weighted by Gasteiger charge is -2.35. The van der Waals surface area contributed by atoms with Gasteiger partial charge in [0.05, 0.1) is 4.90 Å². The Kier molecular flexibility index (Phi) is 4.58. The van der Waals surface area contributed by atoms with Crippen molar-refractivity contribution in [2.24, 2.45) is 17.8 Å². The Morgan fingerprint density at radius 1 is 1.00 bits per heavy atom. The molecule has 2 aliphatic carbocycles. The van der Waals surface area contributed by atoms with Crippen LogP contribution in [0.3, 0.4) is 0 Å². The second-order valence-electron chi connectivity index (χ2n) is 7.82. The Morgan fingerprint density at radius 2 is 1.72 bits per heavy atom. The first-order chi connectivity index (χ1) is 12.0. The molecule has 0 spiro atoms. The van der Waals surface area contributed by atoms with E-state index in [9.17, 15) is 13.2 Å². The fraction of sp³-hybridized carbons (Fsp3) is 0.632. The SMILES string of the molecule is O=C(C1CC2CCC1C2)N1CCC(NS(=O)(=O)c2ccccc2)CC1. The van der Waals surface area contributed by atoms with Gasteiger partial charge < -0.3 is 4.90 Å². The van der Waals surface area contributed by atoms with Gasteiger partial charge >= 0.3 is 0 Å². The van der Waals surface area contributed by atoms with E-state index in [2.05, 4.69) is 4.72 Å². The summed E-state index contributed by atoms with van der Waals surface area (Å²) in [7, 11) is -3.47. The number of nitrogens with zero attached hydrogens (tertiary/aromatic N) is 1. The van der Waals surface area contributed by atoms with Crippen LogP contribution in [-0.2, 0) is 14.8 Å². The third-order valence-electron chi connectivity index (χ3n) is 6.24. The van der Waals surface area contributed by atoms with Gasteiger partial charge in [0.25, 0.3) is 0 Å². The molecule has 1 saturated heterocycles. The number of carbonyl (C=O) groups excluding carboxylic acids is 1. The van der Waals surface area contributed by atoms with Gasteiger partial charge in [-0.15, -0.1) is 0 Å². The van der Waals surface area contributed by atoms with E-state index in [0.29, 0.717) is 42.7 Å². The van der Waals surface area contributed by atoms with Crippen LogP contribution in [0.2, 0.25) is 0 Å². The Labute approximate surface area is 149 Å². The number of carbonyl (C=O) groups is 1. The maximum atomic E-state index is 12.8. The van der Waals surface area contributed by atoms with E-state index in [4.69, 9.17) is 0 Å². The molecule has 136 valence electrons. The lowest BCUT2D eigenvalue weighted by molar-refractivity contribution is -0.138. The largest absolute Gasteiger partial charge is 0.342 e.